The summed E-state index contributed by atoms with van der Waals surface area (Å²) in [5.74, 6) is -0.613. The molecule has 0 aliphatic heterocycles. The maximum atomic E-state index is 12.7. The third kappa shape index (κ3) is 3.21. The van der Waals surface area contributed by atoms with Crippen molar-refractivity contribution in [2.45, 2.75) is 20.0 Å². The smallest absolute Gasteiger partial charge is 0.398 e. The number of nitrogens with two attached hydrogens (primary N) is 1. The molecule has 2 rings (SSSR count). The van der Waals surface area contributed by atoms with Gasteiger partial charge >= 0.3 is 6.18 Å². The number of aryl methyl sites for hydroxylation is 1. The maximum absolute atomic E-state index is 12.7. The van der Waals surface area contributed by atoms with E-state index in [4.69, 9.17) is 5.73 Å². The normalized spacial score (nSPS) is 11.3. The average molecular weight is 308 g/mol. The number of benzene rings is 2. The molecule has 3 nitrogen and oxygen atoms in total. The minimum atomic E-state index is -4.49. The fraction of sp³-hybridized carbons (Fsp3) is 0.188. The lowest BCUT2D eigenvalue weighted by atomic mass is 10.1. The molecule has 2 aromatic carbocycles. The molecule has 0 spiro atoms. The van der Waals surface area contributed by atoms with Gasteiger partial charge in [-0.1, -0.05) is 12.1 Å². The topological polar surface area (TPSA) is 55.1 Å². The number of alkyl halides is 3. The molecule has 0 aliphatic rings. The number of hydrogen-bond donors (Lipinski definition) is 2. The predicted octanol–water partition coefficient (Wildman–Crippen LogP) is 4.16. The molecule has 0 fully saturated rings. The van der Waals surface area contributed by atoms with Gasteiger partial charge in [0.15, 0.2) is 0 Å². The van der Waals surface area contributed by atoms with Crippen LogP contribution in [0.3, 0.4) is 0 Å². The van der Waals surface area contributed by atoms with Crippen molar-refractivity contribution in [3.63, 3.8) is 0 Å². The number of halogens is 3. The van der Waals surface area contributed by atoms with Crippen molar-refractivity contribution in [2.24, 2.45) is 0 Å². The lowest BCUT2D eigenvalue weighted by Crippen LogP contribution is -2.15. The van der Waals surface area contributed by atoms with Gasteiger partial charge in [-0.3, -0.25) is 4.79 Å². The van der Waals surface area contributed by atoms with Crippen molar-refractivity contribution >= 4 is 17.3 Å². The molecular weight excluding hydrogens is 293 g/mol. The minimum Gasteiger partial charge on any atom is -0.398 e. The number of amides is 1. The van der Waals surface area contributed by atoms with Crippen molar-refractivity contribution in [1.82, 2.24) is 0 Å². The van der Waals surface area contributed by atoms with Crippen LogP contribution in [0.25, 0.3) is 0 Å². The van der Waals surface area contributed by atoms with Gasteiger partial charge in [0.2, 0.25) is 0 Å². The molecule has 6 heteroatoms. The van der Waals surface area contributed by atoms with Gasteiger partial charge in [0.05, 0.1) is 5.56 Å². The van der Waals surface area contributed by atoms with Gasteiger partial charge in [-0.2, -0.15) is 13.2 Å². The molecule has 22 heavy (non-hydrogen) atoms. The van der Waals surface area contributed by atoms with Crippen LogP contribution in [-0.2, 0) is 6.18 Å². The Morgan fingerprint density at radius 3 is 2.45 bits per heavy atom. The molecule has 0 unspecified atom stereocenters. The molecule has 0 atom stereocenters. The molecule has 0 aromatic heterocycles. The van der Waals surface area contributed by atoms with Crippen molar-refractivity contribution in [3.05, 3.63) is 58.7 Å². The van der Waals surface area contributed by atoms with E-state index in [1.54, 1.807) is 19.1 Å². The van der Waals surface area contributed by atoms with E-state index in [2.05, 4.69) is 5.32 Å². The number of anilines is 2. The number of nitrogens with one attached hydrogen (secondary N) is 1. The number of hydrogen-bond acceptors (Lipinski definition) is 2. The molecule has 0 saturated carbocycles. The predicted molar refractivity (Wildman–Crippen MR) is 79.7 cm³/mol. The average Bonchev–Trinajstić information content (AvgIpc) is 2.47. The Kier molecular flexibility index (Phi) is 4.12. The van der Waals surface area contributed by atoms with Crippen LogP contribution in [-0.4, -0.2) is 5.91 Å². The van der Waals surface area contributed by atoms with Gasteiger partial charge in [-0.05, 0) is 49.2 Å². The summed E-state index contributed by atoms with van der Waals surface area (Å²) in [7, 11) is 0. The standard InChI is InChI=1S/C16H15F3N2O/c1-9-6-7-13(10(2)14(9)20)21-15(22)11-4-3-5-12(8-11)16(17,18)19/h3-8H,20H2,1-2H3,(H,21,22). The second-order valence-corrected chi connectivity index (χ2v) is 5.00. The molecule has 0 saturated heterocycles. The zero-order valence-electron chi connectivity index (χ0n) is 12.1. The minimum absolute atomic E-state index is 0.0617. The largest absolute Gasteiger partial charge is 0.416 e. The van der Waals surface area contributed by atoms with Crippen LogP contribution in [0.15, 0.2) is 36.4 Å². The first-order valence-electron chi connectivity index (χ1n) is 6.54. The Balaban J connectivity index is 2.29. The highest BCUT2D eigenvalue weighted by atomic mass is 19.4. The van der Waals surface area contributed by atoms with Gasteiger partial charge in [0.1, 0.15) is 0 Å². The quantitative estimate of drug-likeness (QED) is 0.819. The Morgan fingerprint density at radius 2 is 1.82 bits per heavy atom. The van der Waals surface area contributed by atoms with Crippen LogP contribution >= 0.6 is 0 Å². The summed E-state index contributed by atoms with van der Waals surface area (Å²) in [6, 6.07) is 7.69. The summed E-state index contributed by atoms with van der Waals surface area (Å²) >= 11 is 0. The SMILES string of the molecule is Cc1ccc(NC(=O)c2cccc(C(F)(F)F)c2)c(C)c1N. The summed E-state index contributed by atoms with van der Waals surface area (Å²) in [5, 5.41) is 2.59. The first-order chi connectivity index (χ1) is 10.2. The Labute approximate surface area is 125 Å². The highest BCUT2D eigenvalue weighted by Gasteiger charge is 2.30. The van der Waals surface area contributed by atoms with Gasteiger partial charge in [-0.15, -0.1) is 0 Å². The summed E-state index contributed by atoms with van der Waals surface area (Å²) in [6.07, 6.45) is -4.49. The summed E-state index contributed by atoms with van der Waals surface area (Å²) < 4.78 is 38.0. The molecular formula is C16H15F3N2O. The molecule has 0 heterocycles. The second kappa shape index (κ2) is 5.71. The van der Waals surface area contributed by atoms with Crippen molar-refractivity contribution in [3.8, 4) is 0 Å². The maximum Gasteiger partial charge on any atom is 0.416 e. The molecule has 116 valence electrons. The number of nitrogen functional groups attached to an aromatic ring is 1. The monoisotopic (exact) mass is 308 g/mol. The molecule has 1 amide bonds. The third-order valence-corrected chi connectivity index (χ3v) is 3.43. The van der Waals surface area contributed by atoms with Gasteiger partial charge in [0.25, 0.3) is 5.91 Å². The van der Waals surface area contributed by atoms with E-state index < -0.39 is 17.6 Å². The first kappa shape index (κ1) is 15.9. The fourth-order valence-electron chi connectivity index (χ4n) is 2.03. The molecule has 0 bridgehead atoms. The van der Waals surface area contributed by atoms with E-state index in [9.17, 15) is 18.0 Å². The summed E-state index contributed by atoms with van der Waals surface area (Å²) in [6.45, 7) is 3.57. The van der Waals surface area contributed by atoms with Gasteiger partial charge in [-0.25, -0.2) is 0 Å². The van der Waals surface area contributed by atoms with Crippen LogP contribution < -0.4 is 11.1 Å². The molecule has 3 N–H and O–H groups in total. The summed E-state index contributed by atoms with van der Waals surface area (Å²) in [4.78, 5) is 12.1. The fourth-order valence-corrected chi connectivity index (χ4v) is 2.03. The van der Waals surface area contributed by atoms with E-state index in [1.807, 2.05) is 6.92 Å². The molecule has 0 aliphatic carbocycles. The van der Waals surface area contributed by atoms with Crippen molar-refractivity contribution < 1.29 is 18.0 Å². The zero-order chi connectivity index (χ0) is 16.5. The second-order valence-electron chi connectivity index (χ2n) is 5.00. The van der Waals surface area contributed by atoms with Crippen LogP contribution in [0.4, 0.5) is 24.5 Å². The van der Waals surface area contributed by atoms with Crippen LogP contribution in [0.2, 0.25) is 0 Å². The Bertz CT molecular complexity index is 724. The van der Waals surface area contributed by atoms with Gasteiger partial charge in [0, 0.05) is 16.9 Å². The number of carbonyl (C=O) groups is 1. The zero-order valence-corrected chi connectivity index (χ0v) is 12.1. The Hall–Kier alpha value is -2.50. The Morgan fingerprint density at radius 1 is 1.14 bits per heavy atom. The van der Waals surface area contributed by atoms with E-state index >= 15 is 0 Å². The lowest BCUT2D eigenvalue weighted by Gasteiger charge is -2.13. The van der Waals surface area contributed by atoms with Crippen LogP contribution in [0.1, 0.15) is 27.0 Å². The lowest BCUT2D eigenvalue weighted by molar-refractivity contribution is -0.137. The van der Waals surface area contributed by atoms with Crippen molar-refractivity contribution in [2.75, 3.05) is 11.1 Å². The summed E-state index contributed by atoms with van der Waals surface area (Å²) in [5.41, 5.74) is 7.53. The number of rotatable bonds is 2. The highest BCUT2D eigenvalue weighted by molar-refractivity contribution is 6.05. The van der Waals surface area contributed by atoms with Gasteiger partial charge < -0.3 is 11.1 Å². The molecule has 2 aromatic rings. The number of carbonyl (C=O) groups excluding carboxylic acids is 1. The molecule has 0 radical (unpaired) electrons. The van der Waals surface area contributed by atoms with E-state index in [0.717, 1.165) is 17.7 Å². The van der Waals surface area contributed by atoms with E-state index in [1.165, 1.54) is 12.1 Å². The van der Waals surface area contributed by atoms with Crippen LogP contribution in [0.5, 0.6) is 0 Å². The highest BCUT2D eigenvalue weighted by Crippen LogP contribution is 2.30. The van der Waals surface area contributed by atoms with E-state index in [0.29, 0.717) is 16.9 Å². The van der Waals surface area contributed by atoms with E-state index in [-0.39, 0.29) is 5.56 Å². The first-order valence-corrected chi connectivity index (χ1v) is 6.54. The van der Waals surface area contributed by atoms with Crippen molar-refractivity contribution in [1.29, 1.82) is 0 Å². The van der Waals surface area contributed by atoms with Crippen LogP contribution in [0, 0.1) is 13.8 Å². The third-order valence-electron chi connectivity index (χ3n) is 3.43.